The monoisotopic (exact) mass is 451 g/mol. The number of anilines is 1. The molecule has 1 aliphatic heterocycles. The standard InChI is InChI=1S/C22H14ClN3O4S/c1-11-8-16-14(9-13(11)23)25-22(31-16)26-18(12-4-2-6-24-10-12)17(20(28)21(26)29)19(27)15-5-3-7-30-15/h2-10,18,28H,1H3. The van der Waals surface area contributed by atoms with Crippen molar-refractivity contribution >= 4 is 50.0 Å². The topological polar surface area (TPSA) is 96.5 Å². The van der Waals surface area contributed by atoms with Crippen molar-refractivity contribution in [1.82, 2.24) is 9.97 Å². The number of thiazole rings is 1. The Morgan fingerprint density at radius 1 is 1.29 bits per heavy atom. The number of hydrogen-bond acceptors (Lipinski definition) is 7. The van der Waals surface area contributed by atoms with Crippen molar-refractivity contribution in [3.05, 3.63) is 88.3 Å². The Kier molecular flexibility index (Phi) is 4.60. The maximum atomic E-state index is 13.1. The highest BCUT2D eigenvalue weighted by atomic mass is 35.5. The average molecular weight is 452 g/mol. The van der Waals surface area contributed by atoms with Crippen LogP contribution in [0.15, 0.2) is 70.8 Å². The van der Waals surface area contributed by atoms with E-state index in [4.69, 9.17) is 16.0 Å². The molecule has 31 heavy (non-hydrogen) atoms. The fourth-order valence-corrected chi connectivity index (χ4v) is 4.80. The lowest BCUT2D eigenvalue weighted by Gasteiger charge is -2.23. The van der Waals surface area contributed by atoms with Crippen LogP contribution in [0.3, 0.4) is 0 Å². The number of benzene rings is 1. The number of hydrogen-bond donors (Lipinski definition) is 1. The number of ketones is 1. The molecule has 7 nitrogen and oxygen atoms in total. The smallest absolute Gasteiger partial charge is 0.296 e. The van der Waals surface area contributed by atoms with Crippen molar-refractivity contribution < 1.29 is 19.1 Å². The third kappa shape index (κ3) is 3.11. The van der Waals surface area contributed by atoms with Gasteiger partial charge in [0.2, 0.25) is 5.78 Å². The fourth-order valence-electron chi connectivity index (χ4n) is 3.57. The van der Waals surface area contributed by atoms with E-state index in [9.17, 15) is 14.7 Å². The number of halogens is 1. The van der Waals surface area contributed by atoms with Crippen molar-refractivity contribution in [2.24, 2.45) is 0 Å². The molecule has 154 valence electrons. The van der Waals surface area contributed by atoms with E-state index in [2.05, 4.69) is 9.97 Å². The summed E-state index contributed by atoms with van der Waals surface area (Å²) in [5.41, 5.74) is 1.99. The number of amides is 1. The van der Waals surface area contributed by atoms with Gasteiger partial charge in [-0.15, -0.1) is 0 Å². The lowest BCUT2D eigenvalue weighted by molar-refractivity contribution is -0.117. The predicted molar refractivity (Wildman–Crippen MR) is 117 cm³/mol. The van der Waals surface area contributed by atoms with Crippen molar-refractivity contribution in [3.8, 4) is 0 Å². The van der Waals surface area contributed by atoms with Crippen molar-refractivity contribution in [3.63, 3.8) is 0 Å². The van der Waals surface area contributed by atoms with Gasteiger partial charge in [0.25, 0.3) is 5.91 Å². The minimum atomic E-state index is -0.907. The quantitative estimate of drug-likeness (QED) is 0.437. The lowest BCUT2D eigenvalue weighted by atomic mass is 9.96. The zero-order valence-corrected chi connectivity index (χ0v) is 17.6. The summed E-state index contributed by atoms with van der Waals surface area (Å²) in [6.45, 7) is 1.88. The SMILES string of the molecule is Cc1cc2sc(N3C(=O)C(O)=C(C(=O)c4ccco4)C3c3cccnc3)nc2cc1Cl. The van der Waals surface area contributed by atoms with Gasteiger partial charge in [0.05, 0.1) is 28.1 Å². The normalized spacial score (nSPS) is 16.5. The van der Waals surface area contributed by atoms with Gasteiger partial charge in [-0.1, -0.05) is 29.0 Å². The molecule has 1 N–H and O–H groups in total. The summed E-state index contributed by atoms with van der Waals surface area (Å²) in [4.78, 5) is 36.3. The number of aliphatic hydroxyl groups is 1. The number of fused-ring (bicyclic) bond motifs is 1. The fraction of sp³-hybridized carbons (Fsp3) is 0.0909. The number of aliphatic hydroxyl groups excluding tert-OH is 1. The Morgan fingerprint density at radius 3 is 2.84 bits per heavy atom. The summed E-state index contributed by atoms with van der Waals surface area (Å²) < 4.78 is 6.06. The minimum absolute atomic E-state index is 0.0248. The Balaban J connectivity index is 1.68. The van der Waals surface area contributed by atoms with Gasteiger partial charge >= 0.3 is 0 Å². The molecule has 4 aromatic rings. The minimum Gasteiger partial charge on any atom is -0.503 e. The molecule has 1 aliphatic rings. The lowest BCUT2D eigenvalue weighted by Crippen LogP contribution is -2.31. The number of Topliss-reactive ketones (excluding diaryl/α,β-unsaturated/α-hetero) is 1. The molecule has 1 unspecified atom stereocenters. The van der Waals surface area contributed by atoms with Gasteiger partial charge in [0.1, 0.15) is 0 Å². The zero-order chi connectivity index (χ0) is 21.7. The molecule has 0 spiro atoms. The Hall–Kier alpha value is -3.49. The first-order valence-corrected chi connectivity index (χ1v) is 10.5. The van der Waals surface area contributed by atoms with E-state index < -0.39 is 23.5 Å². The molecular formula is C22H14ClN3O4S. The second kappa shape index (κ2) is 7.33. The van der Waals surface area contributed by atoms with Crippen LogP contribution in [0.1, 0.15) is 27.7 Å². The molecule has 1 aromatic carbocycles. The summed E-state index contributed by atoms with van der Waals surface area (Å²) in [5.74, 6) is -1.90. The van der Waals surface area contributed by atoms with Gasteiger partial charge < -0.3 is 9.52 Å². The van der Waals surface area contributed by atoms with E-state index in [1.807, 2.05) is 13.0 Å². The number of rotatable bonds is 4. The van der Waals surface area contributed by atoms with Crippen molar-refractivity contribution in [2.45, 2.75) is 13.0 Å². The average Bonchev–Trinajstić information content (AvgIpc) is 3.48. The molecule has 1 amide bonds. The maximum absolute atomic E-state index is 13.1. The van der Waals surface area contributed by atoms with Crippen LogP contribution in [0.4, 0.5) is 5.13 Å². The van der Waals surface area contributed by atoms with Crippen LogP contribution in [0.5, 0.6) is 0 Å². The van der Waals surface area contributed by atoms with Gasteiger partial charge in [-0.2, -0.15) is 0 Å². The zero-order valence-electron chi connectivity index (χ0n) is 16.1. The molecule has 0 saturated heterocycles. The Labute approximate surface area is 185 Å². The number of furan rings is 1. The van der Waals surface area contributed by atoms with E-state index in [0.29, 0.717) is 21.2 Å². The van der Waals surface area contributed by atoms with Crippen LogP contribution >= 0.6 is 22.9 Å². The molecule has 0 radical (unpaired) electrons. The van der Waals surface area contributed by atoms with Crippen molar-refractivity contribution in [2.75, 3.05) is 4.90 Å². The number of carbonyl (C=O) groups is 2. The van der Waals surface area contributed by atoms with E-state index >= 15 is 0 Å². The molecule has 3 aromatic heterocycles. The summed E-state index contributed by atoms with van der Waals surface area (Å²) in [7, 11) is 0. The number of carbonyl (C=O) groups excluding carboxylic acids is 2. The Morgan fingerprint density at radius 2 is 2.13 bits per heavy atom. The van der Waals surface area contributed by atoms with Crippen LogP contribution in [0.2, 0.25) is 5.02 Å². The van der Waals surface area contributed by atoms with Crippen LogP contribution in [0, 0.1) is 6.92 Å². The molecule has 5 rings (SSSR count). The molecule has 0 bridgehead atoms. The number of nitrogens with zero attached hydrogens (tertiary/aromatic N) is 3. The summed E-state index contributed by atoms with van der Waals surface area (Å²) in [6.07, 6.45) is 4.50. The number of pyridine rings is 1. The molecular weight excluding hydrogens is 438 g/mol. The first-order chi connectivity index (χ1) is 15.0. The molecule has 1 atom stereocenters. The molecule has 0 fully saturated rings. The van der Waals surface area contributed by atoms with Gasteiger partial charge in [0.15, 0.2) is 16.7 Å². The predicted octanol–water partition coefficient (Wildman–Crippen LogP) is 5.03. The molecule has 9 heteroatoms. The van der Waals surface area contributed by atoms with Crippen LogP contribution < -0.4 is 4.90 Å². The van der Waals surface area contributed by atoms with Crippen LogP contribution in [-0.2, 0) is 4.79 Å². The van der Waals surface area contributed by atoms with E-state index in [-0.39, 0.29) is 11.3 Å². The number of aryl methyl sites for hydroxylation is 1. The van der Waals surface area contributed by atoms with Gasteiger partial charge in [-0.3, -0.25) is 19.5 Å². The van der Waals surface area contributed by atoms with E-state index in [0.717, 1.165) is 10.3 Å². The largest absolute Gasteiger partial charge is 0.503 e. The third-order valence-electron chi connectivity index (χ3n) is 5.06. The first kappa shape index (κ1) is 19.5. The summed E-state index contributed by atoms with van der Waals surface area (Å²) in [6, 6.07) is 9.20. The summed E-state index contributed by atoms with van der Waals surface area (Å²) in [5, 5.41) is 11.6. The second-order valence-electron chi connectivity index (χ2n) is 7.00. The van der Waals surface area contributed by atoms with Crippen LogP contribution in [-0.4, -0.2) is 26.8 Å². The highest BCUT2D eigenvalue weighted by Crippen LogP contribution is 2.44. The third-order valence-corrected chi connectivity index (χ3v) is 6.49. The van der Waals surface area contributed by atoms with Gasteiger partial charge in [0, 0.05) is 17.4 Å². The maximum Gasteiger partial charge on any atom is 0.296 e. The number of aromatic nitrogens is 2. The van der Waals surface area contributed by atoms with Gasteiger partial charge in [-0.05, 0) is 48.4 Å². The van der Waals surface area contributed by atoms with Crippen LogP contribution in [0.25, 0.3) is 10.2 Å². The molecule has 4 heterocycles. The van der Waals surface area contributed by atoms with Gasteiger partial charge in [-0.25, -0.2) is 4.98 Å². The second-order valence-corrected chi connectivity index (χ2v) is 8.41. The first-order valence-electron chi connectivity index (χ1n) is 9.27. The van der Waals surface area contributed by atoms with Crippen molar-refractivity contribution in [1.29, 1.82) is 0 Å². The van der Waals surface area contributed by atoms with E-state index in [1.54, 1.807) is 36.7 Å². The van der Waals surface area contributed by atoms with E-state index in [1.165, 1.54) is 28.6 Å². The molecule has 0 saturated carbocycles. The Bertz CT molecular complexity index is 1320. The highest BCUT2D eigenvalue weighted by Gasteiger charge is 2.46. The summed E-state index contributed by atoms with van der Waals surface area (Å²) >= 11 is 7.50. The highest BCUT2D eigenvalue weighted by molar-refractivity contribution is 7.22. The molecule has 0 aliphatic carbocycles.